The smallest absolute Gasteiger partial charge is 0.271 e. The minimum Gasteiger partial charge on any atom is -0.324 e. The number of non-ortho nitro benzene ring substituents is 1. The van der Waals surface area contributed by atoms with Gasteiger partial charge in [-0.25, -0.2) is 4.68 Å². The van der Waals surface area contributed by atoms with Crippen LogP contribution in [0.3, 0.4) is 0 Å². The number of nitrogens with one attached hydrogen (secondary N) is 2. The van der Waals surface area contributed by atoms with Crippen LogP contribution in [-0.4, -0.2) is 31.5 Å². The highest BCUT2D eigenvalue weighted by atomic mass is 16.6. The number of carbonyl (C=O) groups excluding carboxylic acids is 2. The Morgan fingerprint density at radius 2 is 2.30 bits per heavy atom. The van der Waals surface area contributed by atoms with Crippen molar-refractivity contribution in [3.63, 3.8) is 0 Å². The summed E-state index contributed by atoms with van der Waals surface area (Å²) in [4.78, 5) is 38.2. The number of amides is 2. The Morgan fingerprint density at radius 1 is 1.52 bits per heavy atom. The maximum absolute atomic E-state index is 12.5. The number of hydrogen-bond donors (Lipinski definition) is 2. The molecule has 23 heavy (non-hydrogen) atoms. The standard InChI is InChI=1S/C13H12N6O4/c1-7-2-3-8(19(22)23)4-9(7)16-12(21)10-5-11(20)17-13-14-6-15-18(10)13/h2-4,6,10H,5H2,1H3,(H,16,21)(H,14,15,17,20)/t10-/m1/s1. The Labute approximate surface area is 129 Å². The predicted octanol–water partition coefficient (Wildman–Crippen LogP) is 1.02. The van der Waals surface area contributed by atoms with Gasteiger partial charge in [0.15, 0.2) is 0 Å². The molecule has 1 aromatic carbocycles. The van der Waals surface area contributed by atoms with E-state index in [2.05, 4.69) is 20.7 Å². The van der Waals surface area contributed by atoms with Crippen LogP contribution in [0.5, 0.6) is 0 Å². The molecule has 0 fully saturated rings. The van der Waals surface area contributed by atoms with Crippen LogP contribution < -0.4 is 10.6 Å². The molecule has 2 N–H and O–H groups in total. The van der Waals surface area contributed by atoms with E-state index in [1.165, 1.54) is 23.1 Å². The van der Waals surface area contributed by atoms with Gasteiger partial charge >= 0.3 is 0 Å². The molecule has 10 heteroatoms. The molecule has 2 amide bonds. The van der Waals surface area contributed by atoms with Crippen molar-refractivity contribution < 1.29 is 14.5 Å². The molecule has 0 aliphatic carbocycles. The van der Waals surface area contributed by atoms with Crippen LogP contribution >= 0.6 is 0 Å². The molecule has 1 aliphatic heterocycles. The van der Waals surface area contributed by atoms with Crippen molar-refractivity contribution >= 4 is 29.1 Å². The molecule has 0 bridgehead atoms. The second-order valence-electron chi connectivity index (χ2n) is 5.04. The van der Waals surface area contributed by atoms with Gasteiger partial charge in [-0.05, 0) is 12.5 Å². The van der Waals surface area contributed by atoms with Crippen molar-refractivity contribution in [1.29, 1.82) is 0 Å². The molecule has 1 aromatic heterocycles. The Kier molecular flexibility index (Phi) is 3.48. The van der Waals surface area contributed by atoms with Crippen LogP contribution in [0.25, 0.3) is 0 Å². The first kappa shape index (κ1) is 14.6. The minimum absolute atomic E-state index is 0.0871. The van der Waals surface area contributed by atoms with Crippen LogP contribution in [0.4, 0.5) is 17.3 Å². The fourth-order valence-electron chi connectivity index (χ4n) is 2.28. The summed E-state index contributed by atoms with van der Waals surface area (Å²) in [6.45, 7) is 1.72. The lowest BCUT2D eigenvalue weighted by Gasteiger charge is -2.22. The second-order valence-corrected chi connectivity index (χ2v) is 5.04. The number of hydrogen-bond acceptors (Lipinski definition) is 6. The highest BCUT2D eigenvalue weighted by molar-refractivity contribution is 6.01. The number of carbonyl (C=O) groups is 2. The molecular weight excluding hydrogens is 304 g/mol. The number of benzene rings is 1. The molecule has 1 aliphatic rings. The number of rotatable bonds is 3. The summed E-state index contributed by atoms with van der Waals surface area (Å²) >= 11 is 0. The third kappa shape index (κ3) is 2.73. The summed E-state index contributed by atoms with van der Waals surface area (Å²) in [6.07, 6.45) is 1.15. The van der Waals surface area contributed by atoms with Gasteiger partial charge < -0.3 is 5.32 Å². The number of nitro benzene ring substituents is 1. The highest BCUT2D eigenvalue weighted by Gasteiger charge is 2.32. The summed E-state index contributed by atoms with van der Waals surface area (Å²) in [5, 5.41) is 19.9. The van der Waals surface area contributed by atoms with Crippen LogP contribution in [0.15, 0.2) is 24.5 Å². The lowest BCUT2D eigenvalue weighted by molar-refractivity contribution is -0.384. The van der Waals surface area contributed by atoms with Crippen LogP contribution in [0.1, 0.15) is 18.0 Å². The number of nitro groups is 1. The maximum atomic E-state index is 12.5. The fraction of sp³-hybridized carbons (Fsp3) is 0.231. The van der Waals surface area contributed by atoms with Crippen molar-refractivity contribution in [3.05, 3.63) is 40.2 Å². The van der Waals surface area contributed by atoms with Gasteiger partial charge in [0.25, 0.3) is 5.69 Å². The van der Waals surface area contributed by atoms with E-state index in [1.54, 1.807) is 13.0 Å². The first-order valence-electron chi connectivity index (χ1n) is 6.71. The molecule has 10 nitrogen and oxygen atoms in total. The molecule has 0 saturated heterocycles. The molecule has 118 valence electrons. The summed E-state index contributed by atoms with van der Waals surface area (Å²) in [7, 11) is 0. The number of anilines is 2. The first-order valence-corrected chi connectivity index (χ1v) is 6.71. The number of aryl methyl sites for hydroxylation is 1. The summed E-state index contributed by atoms with van der Waals surface area (Å²) in [5.74, 6) is -0.645. The van der Waals surface area contributed by atoms with Crippen molar-refractivity contribution in [2.45, 2.75) is 19.4 Å². The van der Waals surface area contributed by atoms with E-state index >= 15 is 0 Å². The molecule has 0 radical (unpaired) electrons. The van der Waals surface area contributed by atoms with E-state index in [0.29, 0.717) is 11.3 Å². The summed E-state index contributed by atoms with van der Waals surface area (Å²) in [5.41, 5.74) is 0.855. The van der Waals surface area contributed by atoms with Crippen LogP contribution in [0.2, 0.25) is 0 Å². The number of fused-ring (bicyclic) bond motifs is 1. The molecule has 2 heterocycles. The van der Waals surface area contributed by atoms with E-state index in [-0.39, 0.29) is 24.0 Å². The van der Waals surface area contributed by atoms with E-state index in [1.807, 2.05) is 0 Å². The summed E-state index contributed by atoms with van der Waals surface area (Å²) in [6, 6.07) is 3.31. The second kappa shape index (κ2) is 5.48. The largest absolute Gasteiger partial charge is 0.324 e. The maximum Gasteiger partial charge on any atom is 0.271 e. The molecule has 3 rings (SSSR count). The third-order valence-corrected chi connectivity index (χ3v) is 3.49. The lowest BCUT2D eigenvalue weighted by atomic mass is 10.1. The van der Waals surface area contributed by atoms with Crippen molar-refractivity contribution in [3.8, 4) is 0 Å². The van der Waals surface area contributed by atoms with Gasteiger partial charge in [-0.3, -0.25) is 25.0 Å². The fourth-order valence-corrected chi connectivity index (χ4v) is 2.28. The van der Waals surface area contributed by atoms with E-state index in [4.69, 9.17) is 0 Å². The topological polar surface area (TPSA) is 132 Å². The van der Waals surface area contributed by atoms with Gasteiger partial charge in [-0.2, -0.15) is 10.1 Å². The molecule has 1 atom stereocenters. The zero-order valence-corrected chi connectivity index (χ0v) is 12.0. The first-order chi connectivity index (χ1) is 11.0. The van der Waals surface area contributed by atoms with Gasteiger partial charge in [0, 0.05) is 12.1 Å². The van der Waals surface area contributed by atoms with E-state index < -0.39 is 16.9 Å². The minimum atomic E-state index is -0.861. The highest BCUT2D eigenvalue weighted by Crippen LogP contribution is 2.26. The van der Waals surface area contributed by atoms with Crippen LogP contribution in [-0.2, 0) is 9.59 Å². The van der Waals surface area contributed by atoms with Crippen molar-refractivity contribution in [2.75, 3.05) is 10.6 Å². The van der Waals surface area contributed by atoms with Crippen molar-refractivity contribution in [1.82, 2.24) is 14.8 Å². The molecule has 0 unspecified atom stereocenters. The van der Waals surface area contributed by atoms with Crippen LogP contribution in [0, 0.1) is 17.0 Å². The average Bonchev–Trinajstić information content (AvgIpc) is 2.96. The monoisotopic (exact) mass is 316 g/mol. The Bertz CT molecular complexity index is 815. The number of nitrogens with zero attached hydrogens (tertiary/aromatic N) is 4. The Hall–Kier alpha value is -3.30. The molecular formula is C13H12N6O4. The SMILES string of the molecule is Cc1ccc([N+](=O)[O-])cc1NC(=O)[C@H]1CC(=O)Nc2ncnn21. The molecule has 0 spiro atoms. The zero-order valence-electron chi connectivity index (χ0n) is 12.0. The Balaban J connectivity index is 1.87. The number of aromatic nitrogens is 3. The Morgan fingerprint density at radius 3 is 3.04 bits per heavy atom. The quantitative estimate of drug-likeness (QED) is 0.641. The third-order valence-electron chi connectivity index (χ3n) is 3.49. The summed E-state index contributed by atoms with van der Waals surface area (Å²) < 4.78 is 1.31. The van der Waals surface area contributed by atoms with Gasteiger partial charge in [0.05, 0.1) is 17.0 Å². The van der Waals surface area contributed by atoms with Gasteiger partial charge in [-0.15, -0.1) is 0 Å². The van der Waals surface area contributed by atoms with E-state index in [9.17, 15) is 19.7 Å². The molecule has 2 aromatic rings. The van der Waals surface area contributed by atoms with Crippen molar-refractivity contribution in [2.24, 2.45) is 0 Å². The van der Waals surface area contributed by atoms with Gasteiger partial charge in [0.2, 0.25) is 17.8 Å². The predicted molar refractivity (Wildman–Crippen MR) is 78.8 cm³/mol. The zero-order chi connectivity index (χ0) is 16.6. The lowest BCUT2D eigenvalue weighted by Crippen LogP contribution is -2.36. The molecule has 0 saturated carbocycles. The normalized spacial score (nSPS) is 16.4. The van der Waals surface area contributed by atoms with E-state index in [0.717, 1.165) is 0 Å². The average molecular weight is 316 g/mol. The van der Waals surface area contributed by atoms with Gasteiger partial charge in [-0.1, -0.05) is 6.07 Å². The van der Waals surface area contributed by atoms with Gasteiger partial charge in [0.1, 0.15) is 12.4 Å².